The van der Waals surface area contributed by atoms with Gasteiger partial charge in [0.15, 0.2) is 0 Å². The Morgan fingerprint density at radius 2 is 1.75 bits per heavy atom. The summed E-state index contributed by atoms with van der Waals surface area (Å²) in [5, 5.41) is 12.2. The molecule has 5 rings (SSSR count). The summed E-state index contributed by atoms with van der Waals surface area (Å²) in [5.74, 6) is -1.12. The van der Waals surface area contributed by atoms with Crippen molar-refractivity contribution in [3.63, 3.8) is 0 Å². The molecule has 1 aromatic carbocycles. The molecule has 2 unspecified atom stereocenters. The van der Waals surface area contributed by atoms with E-state index in [1.54, 1.807) is 11.5 Å². The number of pyridine rings is 2. The Morgan fingerprint density at radius 1 is 1.11 bits per heavy atom. The van der Waals surface area contributed by atoms with E-state index in [9.17, 15) is 23.6 Å². The molecule has 2 amide bonds. The Labute approximate surface area is 255 Å². The average molecular weight is 612 g/mol. The van der Waals surface area contributed by atoms with Gasteiger partial charge >= 0.3 is 6.16 Å². The number of aromatic nitrogens is 2. The molecule has 12 heteroatoms. The molecule has 2 atom stereocenters. The van der Waals surface area contributed by atoms with Crippen LogP contribution in [0, 0.1) is 25.6 Å². The maximum Gasteiger partial charge on any atom is 0.506 e. The minimum Gasteiger partial charge on any atom is -0.450 e. The first-order chi connectivity index (χ1) is 20.7. The van der Waals surface area contributed by atoms with E-state index in [4.69, 9.17) is 21.6 Å². The van der Waals surface area contributed by atoms with Crippen molar-refractivity contribution in [1.82, 2.24) is 14.9 Å². The van der Waals surface area contributed by atoms with Gasteiger partial charge in [-0.25, -0.2) is 14.2 Å². The smallest absolute Gasteiger partial charge is 0.450 e. The third-order valence-corrected chi connectivity index (χ3v) is 8.00. The molecule has 0 saturated heterocycles. The van der Waals surface area contributed by atoms with Crippen LogP contribution in [-0.4, -0.2) is 44.7 Å². The van der Waals surface area contributed by atoms with Crippen molar-refractivity contribution in [3.8, 4) is 11.4 Å². The number of ether oxygens (including phenoxy) is 1. The summed E-state index contributed by atoms with van der Waals surface area (Å²) in [7, 11) is 0. The van der Waals surface area contributed by atoms with Crippen LogP contribution in [0.1, 0.15) is 74.4 Å². The van der Waals surface area contributed by atoms with Crippen molar-refractivity contribution in [2.24, 2.45) is 17.4 Å². The number of benzene rings is 1. The molecular weight excluding hydrogens is 569 g/mol. The fourth-order valence-corrected chi connectivity index (χ4v) is 5.42. The van der Waals surface area contributed by atoms with E-state index in [-0.39, 0.29) is 29.8 Å². The zero-order chi connectivity index (χ0) is 33.0. The molecule has 1 aliphatic carbocycles. The predicted molar refractivity (Wildman–Crippen MR) is 166 cm³/mol. The van der Waals surface area contributed by atoms with Gasteiger partial charge in [0, 0.05) is 17.0 Å². The Balaban J connectivity index is 0.000000300. The molecule has 0 saturated carbocycles. The van der Waals surface area contributed by atoms with Crippen molar-refractivity contribution >= 4 is 28.9 Å². The van der Waals surface area contributed by atoms with E-state index in [1.807, 2.05) is 40.7 Å². The third kappa shape index (κ3) is 6.75. The van der Waals surface area contributed by atoms with E-state index >= 15 is 0 Å². The normalized spacial score (nSPS) is 13.9. The minimum atomic E-state index is -1.42. The van der Waals surface area contributed by atoms with E-state index in [0.29, 0.717) is 34.4 Å². The molecular formula is C32H42FN5O6. The van der Waals surface area contributed by atoms with E-state index in [2.05, 4.69) is 10.1 Å². The minimum absolute atomic E-state index is 0.0417. The maximum absolute atomic E-state index is 14.5. The second-order valence-electron chi connectivity index (χ2n) is 11.2. The van der Waals surface area contributed by atoms with Crippen LogP contribution in [0.4, 0.5) is 9.18 Å². The second-order valence-corrected chi connectivity index (χ2v) is 11.2. The number of nitrogens with zero attached hydrogens (tertiary/aromatic N) is 2. The highest BCUT2D eigenvalue weighted by Crippen LogP contribution is 2.41. The Bertz CT molecular complexity index is 1670. The molecule has 3 heterocycles. The first-order valence-corrected chi connectivity index (χ1v) is 14.8. The zero-order valence-corrected chi connectivity index (χ0v) is 26.3. The number of nitrogens with one attached hydrogen (secondary N) is 1. The van der Waals surface area contributed by atoms with Gasteiger partial charge in [0.2, 0.25) is 11.8 Å². The van der Waals surface area contributed by atoms with Crippen LogP contribution >= 0.6 is 0 Å². The fourth-order valence-electron chi connectivity index (χ4n) is 5.42. The summed E-state index contributed by atoms with van der Waals surface area (Å²) in [4.78, 5) is 50.4. The number of hydrogen-bond acceptors (Lipinski definition) is 7. The SMILES string of the molecule is CC.CC(NC(=O)C(N)C(C)C)C(N)=O.Cc1cc2n(c(=O)c1COC(=O)O)Cc1c-2nc2cc(F)c(C)c3c2c1CCC3. The summed E-state index contributed by atoms with van der Waals surface area (Å²) in [6.45, 7) is 12.9. The zero-order valence-electron chi connectivity index (χ0n) is 26.3. The molecule has 2 aromatic heterocycles. The Kier molecular flexibility index (Phi) is 10.9. The highest BCUT2D eigenvalue weighted by atomic mass is 19.1. The molecule has 238 valence electrons. The van der Waals surface area contributed by atoms with Crippen molar-refractivity contribution < 1.29 is 28.6 Å². The summed E-state index contributed by atoms with van der Waals surface area (Å²) >= 11 is 0. The number of carbonyl (C=O) groups excluding carboxylic acids is 2. The lowest BCUT2D eigenvalue weighted by Gasteiger charge is -2.21. The second kappa shape index (κ2) is 14.0. The van der Waals surface area contributed by atoms with E-state index in [0.717, 1.165) is 47.0 Å². The molecule has 0 fully saturated rings. The predicted octanol–water partition coefficient (Wildman–Crippen LogP) is 3.85. The standard InChI is InChI=1S/C22H19FN2O4.C8H17N3O2.C2H6/c1-10-6-18-20-14(8-25(18)21(26)15(10)9-29-22(27)28)13-5-3-4-12-11(2)16(23)7-17(24-20)19(12)13;1-4(2)6(9)8(13)11-5(3)7(10)12;1-2/h6-7H,3-5,8-9H2,1-2H3,(H,27,28);4-6H,9H2,1-3H3,(H2,10,12)(H,11,13);1-2H3. The summed E-state index contributed by atoms with van der Waals surface area (Å²) < 4.78 is 20.7. The fraction of sp³-hybridized carbons (Fsp3) is 0.469. The summed E-state index contributed by atoms with van der Waals surface area (Å²) in [5.41, 5.74) is 17.1. The van der Waals surface area contributed by atoms with Gasteiger partial charge in [0.05, 0.1) is 35.1 Å². The van der Waals surface area contributed by atoms with Gasteiger partial charge < -0.3 is 31.2 Å². The third-order valence-electron chi connectivity index (χ3n) is 8.00. The lowest BCUT2D eigenvalue weighted by molar-refractivity contribution is -0.128. The van der Waals surface area contributed by atoms with Gasteiger partial charge in [0.1, 0.15) is 18.5 Å². The van der Waals surface area contributed by atoms with Gasteiger partial charge in [0.25, 0.3) is 5.56 Å². The van der Waals surface area contributed by atoms with Crippen molar-refractivity contribution in [2.75, 3.05) is 0 Å². The summed E-state index contributed by atoms with van der Waals surface area (Å²) in [6, 6.07) is 2.07. The van der Waals surface area contributed by atoms with Gasteiger partial charge in [-0.3, -0.25) is 14.4 Å². The van der Waals surface area contributed by atoms with Gasteiger partial charge in [-0.15, -0.1) is 0 Å². The lowest BCUT2D eigenvalue weighted by atomic mass is 9.85. The number of carbonyl (C=O) groups is 3. The van der Waals surface area contributed by atoms with Crippen LogP contribution in [0.15, 0.2) is 16.9 Å². The Hall–Kier alpha value is -4.32. The first kappa shape index (κ1) is 34.2. The number of amides is 2. The van der Waals surface area contributed by atoms with Crippen LogP contribution in [0.25, 0.3) is 22.3 Å². The molecule has 0 bridgehead atoms. The Morgan fingerprint density at radius 3 is 2.34 bits per heavy atom. The highest BCUT2D eigenvalue weighted by Gasteiger charge is 2.30. The largest absolute Gasteiger partial charge is 0.506 e. The van der Waals surface area contributed by atoms with Crippen LogP contribution in [0.2, 0.25) is 0 Å². The van der Waals surface area contributed by atoms with Crippen LogP contribution in [0.5, 0.6) is 0 Å². The molecule has 0 spiro atoms. The number of primary amides is 1. The molecule has 2 aliphatic rings. The van der Waals surface area contributed by atoms with Crippen molar-refractivity contribution in [2.45, 2.75) is 93.0 Å². The molecule has 6 N–H and O–H groups in total. The van der Waals surface area contributed by atoms with E-state index < -0.39 is 24.1 Å². The topological polar surface area (TPSA) is 180 Å². The molecule has 0 radical (unpaired) electrons. The number of hydrogen-bond donors (Lipinski definition) is 4. The number of fused-ring (bicyclic) bond motifs is 4. The first-order valence-electron chi connectivity index (χ1n) is 14.8. The number of halogens is 1. The van der Waals surface area contributed by atoms with Crippen LogP contribution < -0.4 is 22.3 Å². The number of aryl methyl sites for hydroxylation is 3. The monoisotopic (exact) mass is 611 g/mol. The maximum atomic E-state index is 14.5. The molecule has 1 aliphatic heterocycles. The molecule has 11 nitrogen and oxygen atoms in total. The van der Waals surface area contributed by atoms with Gasteiger partial charge in [-0.2, -0.15) is 0 Å². The molecule has 44 heavy (non-hydrogen) atoms. The highest BCUT2D eigenvalue weighted by molar-refractivity contribution is 5.92. The molecule has 3 aromatic rings. The number of rotatable bonds is 6. The average Bonchev–Trinajstić information content (AvgIpc) is 3.34. The van der Waals surface area contributed by atoms with Gasteiger partial charge in [-0.05, 0) is 74.3 Å². The van der Waals surface area contributed by atoms with Crippen LogP contribution in [-0.2, 0) is 40.3 Å². The number of nitrogens with two attached hydrogens (primary N) is 2. The van der Waals surface area contributed by atoms with Crippen molar-refractivity contribution in [3.05, 3.63) is 61.7 Å². The van der Waals surface area contributed by atoms with Crippen molar-refractivity contribution in [1.29, 1.82) is 0 Å². The van der Waals surface area contributed by atoms with E-state index in [1.165, 1.54) is 13.0 Å². The van der Waals surface area contributed by atoms with Gasteiger partial charge in [-0.1, -0.05) is 27.7 Å². The summed E-state index contributed by atoms with van der Waals surface area (Å²) in [6.07, 6.45) is 1.22. The lowest BCUT2D eigenvalue weighted by Crippen LogP contribution is -2.50. The quantitative estimate of drug-likeness (QED) is 0.237. The number of carboxylic acid groups (broad SMARTS) is 1. The van der Waals surface area contributed by atoms with Crippen LogP contribution in [0.3, 0.4) is 0 Å².